The zero-order valence-corrected chi connectivity index (χ0v) is 23.4. The Morgan fingerprint density at radius 1 is 1.48 bits per heavy atom. The molecule has 2 rings (SSSR count). The molecule has 1 aliphatic rings. The van der Waals surface area contributed by atoms with Crippen LogP contribution in [0.4, 0.5) is 16.3 Å². The van der Waals surface area contributed by atoms with Crippen LogP contribution >= 0.6 is 0 Å². The van der Waals surface area contributed by atoms with Crippen LogP contribution in [0.1, 0.15) is 65.4 Å². The van der Waals surface area contributed by atoms with Crippen LogP contribution in [0, 0.1) is 73.4 Å². The van der Waals surface area contributed by atoms with Gasteiger partial charge in [-0.1, -0.05) is 33.6 Å². The zero-order valence-electron chi connectivity index (χ0n) is 19.7. The number of rotatable bonds is 5. The summed E-state index contributed by atoms with van der Waals surface area (Å²) < 4.78 is 9.84. The van der Waals surface area contributed by atoms with Gasteiger partial charge in [0.25, 0.3) is 0 Å². The summed E-state index contributed by atoms with van der Waals surface area (Å²) in [6, 6.07) is 0. The van der Waals surface area contributed by atoms with Crippen molar-refractivity contribution in [1.29, 1.82) is 0 Å². The van der Waals surface area contributed by atoms with Gasteiger partial charge in [-0.3, -0.25) is 9.98 Å². The minimum atomic E-state index is -1.32. The number of aromatic nitrogens is 2. The van der Waals surface area contributed by atoms with Crippen LogP contribution in [-0.4, -0.2) is 45.8 Å². The Hall–Kier alpha value is -1.30. The summed E-state index contributed by atoms with van der Waals surface area (Å²) in [4.78, 5) is 22.6. The molecule has 1 aromatic heterocycles. The van der Waals surface area contributed by atoms with Crippen LogP contribution in [0.2, 0.25) is 0 Å². The van der Waals surface area contributed by atoms with E-state index in [2.05, 4.69) is 39.5 Å². The summed E-state index contributed by atoms with van der Waals surface area (Å²) in [5.74, 6) is 3.71. The van der Waals surface area contributed by atoms with Crippen LogP contribution in [0.5, 0.6) is 0 Å². The second kappa shape index (κ2) is 16.4. The second-order valence-electron chi connectivity index (χ2n) is 6.88. The van der Waals surface area contributed by atoms with E-state index < -0.39 is 11.8 Å². The number of carboxylic acid groups (broad SMARTS) is 1. The molecule has 0 spiro atoms. The minimum absolute atomic E-state index is 0. The molecule has 1 aliphatic heterocycles. The molecule has 1 saturated heterocycles. The number of ether oxygens (including phenoxy) is 2. The van der Waals surface area contributed by atoms with Gasteiger partial charge in [-0.15, -0.1) is 6.42 Å². The third-order valence-corrected chi connectivity index (χ3v) is 4.35. The van der Waals surface area contributed by atoms with Gasteiger partial charge in [-0.25, -0.2) is 4.79 Å². The van der Waals surface area contributed by atoms with Crippen LogP contribution < -0.4 is 0 Å². The minimum Gasteiger partial charge on any atom is -0.480 e. The molecule has 31 heavy (non-hydrogen) atoms. The first-order valence-corrected chi connectivity index (χ1v) is 10.2. The van der Waals surface area contributed by atoms with Crippen LogP contribution in [0.25, 0.3) is 5.73 Å². The van der Waals surface area contributed by atoms with E-state index in [0.717, 1.165) is 18.5 Å². The fourth-order valence-corrected chi connectivity index (χ4v) is 2.54. The molecule has 0 bridgehead atoms. The molecule has 1 aromatic rings. The standard InChI is InChI=1S/C11H17N4.C9H12O4.C2H6.Pr/c1-5-7(2)6-13-10-8(3)14-9(4)15-11(10)12;1-3-9(6-12-8(10)11)5-4-7(2)13-9;1-2;/h6-7H,5H2,1-4H3,(H-,12,14,15);1,7H,4-6H2,2H3,(H,10,11);1-2H3;/q-1;;;. The van der Waals surface area contributed by atoms with Gasteiger partial charge >= 0.3 is 6.16 Å². The number of nitrogens with zero attached hydrogens (tertiary/aromatic N) is 3. The van der Waals surface area contributed by atoms with Crippen molar-refractivity contribution in [3.05, 3.63) is 17.3 Å². The first-order chi connectivity index (χ1) is 14.1. The molecule has 9 heteroatoms. The topological polar surface area (TPSA) is 118 Å². The van der Waals surface area contributed by atoms with Crippen molar-refractivity contribution < 1.29 is 60.7 Å². The largest absolute Gasteiger partial charge is 0.505 e. The maximum atomic E-state index is 10.1. The molecular weight excluding hydrogens is 525 g/mol. The Morgan fingerprint density at radius 2 is 2.10 bits per heavy atom. The number of hydrogen-bond acceptors (Lipinski definition) is 6. The van der Waals surface area contributed by atoms with Crippen molar-refractivity contribution in [3.8, 4) is 12.3 Å². The first-order valence-electron chi connectivity index (χ1n) is 10.2. The quantitative estimate of drug-likeness (QED) is 0.276. The third-order valence-electron chi connectivity index (χ3n) is 4.35. The molecule has 0 aromatic carbocycles. The van der Waals surface area contributed by atoms with Crippen molar-refractivity contribution in [2.45, 2.75) is 79.4 Å². The molecule has 1 fully saturated rings. The Bertz CT molecular complexity index is 729. The average Bonchev–Trinajstić information content (AvgIpc) is 3.09. The average molecular weight is 560 g/mol. The van der Waals surface area contributed by atoms with Crippen molar-refractivity contribution in [3.63, 3.8) is 0 Å². The summed E-state index contributed by atoms with van der Waals surface area (Å²) in [6.45, 7) is 13.7. The van der Waals surface area contributed by atoms with E-state index in [-0.39, 0.29) is 59.8 Å². The summed E-state index contributed by atoms with van der Waals surface area (Å²) in [5.41, 5.74) is 8.21. The van der Waals surface area contributed by atoms with E-state index in [1.165, 1.54) is 0 Å². The normalized spacial score (nSPS) is 20.3. The molecule has 8 nitrogen and oxygen atoms in total. The van der Waals surface area contributed by atoms with Gasteiger partial charge in [0.1, 0.15) is 6.61 Å². The van der Waals surface area contributed by atoms with Gasteiger partial charge in [0.15, 0.2) is 5.60 Å². The molecular formula is C22H35N4O4Pr-. The predicted molar refractivity (Wildman–Crippen MR) is 120 cm³/mol. The second-order valence-corrected chi connectivity index (χ2v) is 6.88. The zero-order chi connectivity index (χ0) is 23.3. The van der Waals surface area contributed by atoms with E-state index in [1.807, 2.05) is 33.9 Å². The molecule has 2 heterocycles. The molecule has 0 aliphatic carbocycles. The summed E-state index contributed by atoms with van der Waals surface area (Å²) in [7, 11) is 0. The van der Waals surface area contributed by atoms with Crippen LogP contribution in [-0.2, 0) is 9.47 Å². The number of terminal acetylenes is 1. The van der Waals surface area contributed by atoms with Crippen molar-refractivity contribution in [2.75, 3.05) is 6.61 Å². The van der Waals surface area contributed by atoms with Crippen molar-refractivity contribution in [1.82, 2.24) is 9.97 Å². The van der Waals surface area contributed by atoms with E-state index in [1.54, 1.807) is 6.92 Å². The fourth-order valence-electron chi connectivity index (χ4n) is 2.54. The van der Waals surface area contributed by atoms with E-state index in [0.29, 0.717) is 23.9 Å². The Labute approximate surface area is 219 Å². The number of carbonyl (C=O) groups is 1. The van der Waals surface area contributed by atoms with Gasteiger partial charge in [0.05, 0.1) is 17.5 Å². The van der Waals surface area contributed by atoms with Crippen LogP contribution in [0.3, 0.4) is 0 Å². The third kappa shape index (κ3) is 11.8. The molecule has 2 N–H and O–H groups in total. The Morgan fingerprint density at radius 3 is 2.52 bits per heavy atom. The molecule has 3 unspecified atom stereocenters. The van der Waals surface area contributed by atoms with Gasteiger partial charge in [-0.2, -0.15) is 0 Å². The number of aryl methyl sites for hydroxylation is 2. The number of aliphatic imine (C=N–C) groups is 1. The van der Waals surface area contributed by atoms with Gasteiger partial charge in [-0.05, 0) is 51.8 Å². The molecule has 171 valence electrons. The van der Waals surface area contributed by atoms with Crippen molar-refractivity contribution in [2.24, 2.45) is 10.9 Å². The van der Waals surface area contributed by atoms with Crippen LogP contribution in [0.15, 0.2) is 4.99 Å². The van der Waals surface area contributed by atoms with E-state index >= 15 is 0 Å². The van der Waals surface area contributed by atoms with Gasteiger partial charge in [0, 0.05) is 53.3 Å². The monoisotopic (exact) mass is 560 g/mol. The summed E-state index contributed by atoms with van der Waals surface area (Å²) in [6.07, 6.45) is 8.42. The Kier molecular flexibility index (Phi) is 16.8. The molecule has 0 amide bonds. The van der Waals surface area contributed by atoms with Gasteiger partial charge < -0.3 is 25.3 Å². The maximum absolute atomic E-state index is 10.1. The van der Waals surface area contributed by atoms with E-state index in [9.17, 15) is 4.79 Å². The SMILES string of the molecule is C#CC1(COC(=O)O)CCC(C)O1.CC.CCC(C)C=Nc1c(C)nc(C)nc1[NH-].[Pr]. The summed E-state index contributed by atoms with van der Waals surface area (Å²) >= 11 is 0. The maximum Gasteiger partial charge on any atom is 0.505 e. The van der Waals surface area contributed by atoms with Crippen molar-refractivity contribution >= 4 is 23.9 Å². The molecule has 0 saturated carbocycles. The molecule has 1 radical (unpaired) electrons. The molecule has 3 atom stereocenters. The van der Waals surface area contributed by atoms with E-state index in [4.69, 9.17) is 22.0 Å². The summed E-state index contributed by atoms with van der Waals surface area (Å²) in [5, 5.41) is 8.30. The number of nitrogens with one attached hydrogen (secondary N) is 1. The smallest absolute Gasteiger partial charge is 0.480 e. The Balaban J connectivity index is 0. The number of hydrogen-bond donors (Lipinski definition) is 1. The predicted octanol–water partition coefficient (Wildman–Crippen LogP) is 5.80. The first kappa shape index (κ1) is 31.9. The fraction of sp³-hybridized carbons (Fsp3) is 0.636. The van der Waals surface area contributed by atoms with Gasteiger partial charge in [0.2, 0.25) is 0 Å².